The Labute approximate surface area is 165 Å². The van der Waals surface area contributed by atoms with Gasteiger partial charge >= 0.3 is 11.9 Å². The van der Waals surface area contributed by atoms with Gasteiger partial charge in [0.15, 0.2) is 6.61 Å². The van der Waals surface area contributed by atoms with E-state index in [9.17, 15) is 24.5 Å². The van der Waals surface area contributed by atoms with Crippen LogP contribution in [0.15, 0.2) is 18.2 Å². The number of rotatable bonds is 8. The van der Waals surface area contributed by atoms with Gasteiger partial charge in [-0.3, -0.25) is 14.9 Å². The van der Waals surface area contributed by atoms with Crippen molar-refractivity contribution in [1.29, 1.82) is 0 Å². The standard InChI is InChI=1S/C19H20N2O8/c1-5-28-19(24)17-10(2)16(11(3)20-17)14(22)9-29-18(23)13-8-12(21(25)26)6-7-15(13)27-4/h6-8,20H,5,9H2,1-4H3. The van der Waals surface area contributed by atoms with Crippen LogP contribution < -0.4 is 4.74 Å². The van der Waals surface area contributed by atoms with E-state index in [-0.39, 0.29) is 34.9 Å². The summed E-state index contributed by atoms with van der Waals surface area (Å²) in [5.41, 5.74) is 0.686. The summed E-state index contributed by atoms with van der Waals surface area (Å²) in [6.45, 7) is 4.41. The lowest BCUT2D eigenvalue weighted by atomic mass is 10.1. The molecule has 0 aliphatic rings. The van der Waals surface area contributed by atoms with Crippen LogP contribution in [0.25, 0.3) is 0 Å². The molecule has 29 heavy (non-hydrogen) atoms. The number of nitrogens with zero attached hydrogens (tertiary/aromatic N) is 1. The number of H-pyrrole nitrogens is 1. The third-order valence-corrected chi connectivity index (χ3v) is 4.14. The summed E-state index contributed by atoms with van der Waals surface area (Å²) in [5, 5.41) is 10.9. The molecule has 1 N–H and O–H groups in total. The number of non-ortho nitro benzene ring substituents is 1. The molecule has 0 bridgehead atoms. The molecule has 0 amide bonds. The number of aromatic nitrogens is 1. The van der Waals surface area contributed by atoms with Gasteiger partial charge < -0.3 is 19.2 Å². The second kappa shape index (κ2) is 9.00. The first-order valence-corrected chi connectivity index (χ1v) is 8.60. The molecule has 0 fully saturated rings. The molecule has 2 aromatic rings. The SMILES string of the molecule is CCOC(=O)c1[nH]c(C)c(C(=O)COC(=O)c2cc([N+](=O)[O-])ccc2OC)c1C. The molecule has 10 nitrogen and oxygen atoms in total. The van der Waals surface area contributed by atoms with Crippen molar-refractivity contribution in [2.45, 2.75) is 20.8 Å². The summed E-state index contributed by atoms with van der Waals surface area (Å²) < 4.78 is 15.0. The molecule has 10 heteroatoms. The highest BCUT2D eigenvalue weighted by molar-refractivity contribution is 6.04. The third-order valence-electron chi connectivity index (χ3n) is 4.14. The van der Waals surface area contributed by atoms with Crippen molar-refractivity contribution in [2.75, 3.05) is 20.3 Å². The molecule has 1 aromatic carbocycles. The fourth-order valence-corrected chi connectivity index (χ4v) is 2.83. The zero-order valence-corrected chi connectivity index (χ0v) is 16.4. The second-order valence-electron chi connectivity index (χ2n) is 5.99. The Morgan fingerprint density at radius 2 is 1.83 bits per heavy atom. The van der Waals surface area contributed by atoms with Crippen molar-refractivity contribution in [2.24, 2.45) is 0 Å². The zero-order chi connectivity index (χ0) is 21.7. The molecular formula is C19H20N2O8. The van der Waals surface area contributed by atoms with Crippen LogP contribution in [0.3, 0.4) is 0 Å². The maximum atomic E-state index is 12.6. The van der Waals surface area contributed by atoms with Crippen molar-refractivity contribution >= 4 is 23.4 Å². The molecule has 2 rings (SSSR count). The van der Waals surface area contributed by atoms with Gasteiger partial charge in [0.05, 0.1) is 18.6 Å². The Balaban J connectivity index is 2.20. The highest BCUT2D eigenvalue weighted by Crippen LogP contribution is 2.25. The van der Waals surface area contributed by atoms with Crippen LogP contribution in [0.2, 0.25) is 0 Å². The number of carbonyl (C=O) groups is 3. The van der Waals surface area contributed by atoms with E-state index < -0.39 is 29.3 Å². The number of esters is 2. The number of ether oxygens (including phenoxy) is 3. The Bertz CT molecular complexity index is 977. The number of nitro groups is 1. The summed E-state index contributed by atoms with van der Waals surface area (Å²) >= 11 is 0. The molecule has 0 spiro atoms. The minimum absolute atomic E-state index is 0.0756. The number of methoxy groups -OCH3 is 1. The van der Waals surface area contributed by atoms with Gasteiger partial charge in [-0.15, -0.1) is 0 Å². The number of nitrogens with one attached hydrogen (secondary N) is 1. The van der Waals surface area contributed by atoms with E-state index in [1.54, 1.807) is 20.8 Å². The quantitative estimate of drug-likeness (QED) is 0.307. The van der Waals surface area contributed by atoms with Crippen LogP contribution in [0, 0.1) is 24.0 Å². The van der Waals surface area contributed by atoms with E-state index in [2.05, 4.69) is 4.98 Å². The number of hydrogen-bond donors (Lipinski definition) is 1. The number of carbonyl (C=O) groups excluding carboxylic acids is 3. The summed E-state index contributed by atoms with van der Waals surface area (Å²) in [6.07, 6.45) is 0. The largest absolute Gasteiger partial charge is 0.496 e. The van der Waals surface area contributed by atoms with Crippen LogP contribution in [0.4, 0.5) is 5.69 Å². The first kappa shape index (κ1) is 21.6. The Kier molecular flexibility index (Phi) is 6.71. The average molecular weight is 404 g/mol. The predicted octanol–water partition coefficient (Wildman–Crippen LogP) is 2.76. The third kappa shape index (κ3) is 4.60. The first-order chi connectivity index (χ1) is 13.7. The highest BCUT2D eigenvalue weighted by Gasteiger charge is 2.25. The molecular weight excluding hydrogens is 384 g/mol. The Morgan fingerprint density at radius 3 is 2.41 bits per heavy atom. The number of Topliss-reactive ketones (excluding diaryl/α,β-unsaturated/α-hetero) is 1. The molecule has 1 aromatic heterocycles. The van der Waals surface area contributed by atoms with Gasteiger partial charge in [0, 0.05) is 23.4 Å². The van der Waals surface area contributed by atoms with Crippen molar-refractivity contribution in [3.8, 4) is 5.75 Å². The molecule has 154 valence electrons. The molecule has 0 radical (unpaired) electrons. The fourth-order valence-electron chi connectivity index (χ4n) is 2.83. The lowest BCUT2D eigenvalue weighted by Gasteiger charge is -2.09. The monoisotopic (exact) mass is 404 g/mol. The Hall–Kier alpha value is -3.69. The molecule has 1 heterocycles. The smallest absolute Gasteiger partial charge is 0.355 e. The van der Waals surface area contributed by atoms with Crippen molar-refractivity contribution in [3.05, 3.63) is 56.4 Å². The van der Waals surface area contributed by atoms with Crippen molar-refractivity contribution < 1.29 is 33.5 Å². The molecule has 0 atom stereocenters. The highest BCUT2D eigenvalue weighted by atomic mass is 16.6. The van der Waals surface area contributed by atoms with Gasteiger partial charge in [0.1, 0.15) is 17.0 Å². The van der Waals surface area contributed by atoms with Crippen LogP contribution in [0.1, 0.15) is 49.4 Å². The molecule has 0 aliphatic carbocycles. The minimum atomic E-state index is -0.949. The van der Waals surface area contributed by atoms with Gasteiger partial charge in [-0.25, -0.2) is 9.59 Å². The lowest BCUT2D eigenvalue weighted by molar-refractivity contribution is -0.384. The van der Waals surface area contributed by atoms with Gasteiger partial charge in [-0.2, -0.15) is 0 Å². The topological polar surface area (TPSA) is 138 Å². The molecule has 0 unspecified atom stereocenters. The van der Waals surface area contributed by atoms with Crippen molar-refractivity contribution in [3.63, 3.8) is 0 Å². The van der Waals surface area contributed by atoms with Crippen LogP contribution in [-0.4, -0.2) is 48.0 Å². The molecule has 0 saturated carbocycles. The van der Waals surface area contributed by atoms with E-state index in [1.807, 2.05) is 0 Å². The van der Waals surface area contributed by atoms with Gasteiger partial charge in [0.25, 0.3) is 5.69 Å². The number of hydrogen-bond acceptors (Lipinski definition) is 8. The summed E-state index contributed by atoms with van der Waals surface area (Å²) in [5.74, 6) is -2.00. The molecule has 0 saturated heterocycles. The van der Waals surface area contributed by atoms with E-state index in [1.165, 1.54) is 19.2 Å². The Morgan fingerprint density at radius 1 is 1.14 bits per heavy atom. The van der Waals surface area contributed by atoms with Crippen LogP contribution >= 0.6 is 0 Å². The number of aryl methyl sites for hydroxylation is 1. The van der Waals surface area contributed by atoms with E-state index in [0.29, 0.717) is 11.3 Å². The number of benzene rings is 1. The van der Waals surface area contributed by atoms with Gasteiger partial charge in [-0.1, -0.05) is 0 Å². The summed E-state index contributed by atoms with van der Waals surface area (Å²) in [7, 11) is 1.30. The van der Waals surface area contributed by atoms with E-state index in [4.69, 9.17) is 14.2 Å². The predicted molar refractivity (Wildman–Crippen MR) is 100 cm³/mol. The maximum absolute atomic E-state index is 12.6. The van der Waals surface area contributed by atoms with Gasteiger partial charge in [-0.05, 0) is 32.4 Å². The van der Waals surface area contributed by atoms with E-state index in [0.717, 1.165) is 6.07 Å². The lowest BCUT2D eigenvalue weighted by Crippen LogP contribution is -2.16. The normalized spacial score (nSPS) is 10.3. The number of aromatic amines is 1. The average Bonchev–Trinajstić information content (AvgIpc) is 2.99. The molecule has 0 aliphatic heterocycles. The summed E-state index contributed by atoms with van der Waals surface area (Å²) in [6, 6.07) is 3.46. The summed E-state index contributed by atoms with van der Waals surface area (Å²) in [4.78, 5) is 49.9. The number of nitro benzene ring substituents is 1. The minimum Gasteiger partial charge on any atom is -0.496 e. The van der Waals surface area contributed by atoms with E-state index >= 15 is 0 Å². The zero-order valence-electron chi connectivity index (χ0n) is 16.4. The van der Waals surface area contributed by atoms with Crippen molar-refractivity contribution in [1.82, 2.24) is 4.98 Å². The van der Waals surface area contributed by atoms with Crippen LogP contribution in [-0.2, 0) is 9.47 Å². The van der Waals surface area contributed by atoms with Gasteiger partial charge in [0.2, 0.25) is 5.78 Å². The maximum Gasteiger partial charge on any atom is 0.355 e. The van der Waals surface area contributed by atoms with Crippen LogP contribution in [0.5, 0.6) is 5.75 Å². The number of ketones is 1. The fraction of sp³-hybridized carbons (Fsp3) is 0.316. The second-order valence-corrected chi connectivity index (χ2v) is 5.99. The first-order valence-electron chi connectivity index (χ1n) is 8.60.